The zero-order valence-corrected chi connectivity index (χ0v) is 15.1. The number of nitrogens with zero attached hydrogens (tertiary/aromatic N) is 1. The van der Waals surface area contributed by atoms with Crippen molar-refractivity contribution in [2.45, 2.75) is 18.2 Å². The summed E-state index contributed by atoms with van der Waals surface area (Å²) in [5.41, 5.74) is 1.11. The molecule has 2 aromatic carbocycles. The van der Waals surface area contributed by atoms with Crippen molar-refractivity contribution in [1.82, 2.24) is 5.16 Å². The minimum Gasteiger partial charge on any atom is -0.360 e. The summed E-state index contributed by atoms with van der Waals surface area (Å²) in [7, 11) is -3.82. The van der Waals surface area contributed by atoms with Gasteiger partial charge in [-0.05, 0) is 48.9 Å². The summed E-state index contributed by atoms with van der Waals surface area (Å²) in [6.45, 7) is 1.65. The molecule has 0 saturated carbocycles. The second-order valence-electron chi connectivity index (χ2n) is 5.80. The van der Waals surface area contributed by atoms with Crippen LogP contribution >= 0.6 is 0 Å². The van der Waals surface area contributed by atoms with Crippen LogP contribution in [-0.4, -0.2) is 19.5 Å². The van der Waals surface area contributed by atoms with Gasteiger partial charge in [0.2, 0.25) is 5.91 Å². The van der Waals surface area contributed by atoms with E-state index in [1.807, 2.05) is 0 Å². The van der Waals surface area contributed by atoms with Crippen LogP contribution in [0.2, 0.25) is 0 Å². The number of aryl methyl sites for hydroxylation is 1. The molecule has 3 rings (SSSR count). The molecule has 0 atom stereocenters. The van der Waals surface area contributed by atoms with Crippen LogP contribution in [0.3, 0.4) is 0 Å². The molecule has 7 nitrogen and oxygen atoms in total. The van der Waals surface area contributed by atoms with Gasteiger partial charge in [-0.1, -0.05) is 17.3 Å². The fourth-order valence-electron chi connectivity index (χ4n) is 2.32. The lowest BCUT2D eigenvalue weighted by molar-refractivity contribution is -0.115. The fourth-order valence-corrected chi connectivity index (χ4v) is 3.31. The first-order valence-corrected chi connectivity index (χ1v) is 9.41. The zero-order chi connectivity index (χ0) is 19.4. The Balaban J connectivity index is 1.64. The molecule has 3 aromatic rings. The highest BCUT2D eigenvalue weighted by Gasteiger charge is 2.16. The van der Waals surface area contributed by atoms with Crippen LogP contribution in [-0.2, 0) is 21.2 Å². The van der Waals surface area contributed by atoms with Crippen molar-refractivity contribution in [2.24, 2.45) is 0 Å². The molecule has 0 unspecified atom stereocenters. The van der Waals surface area contributed by atoms with Crippen molar-refractivity contribution in [3.8, 4) is 0 Å². The smallest absolute Gasteiger partial charge is 0.263 e. The number of benzene rings is 2. The predicted molar refractivity (Wildman–Crippen MR) is 97.2 cm³/mol. The molecule has 0 aliphatic heterocycles. The molecule has 0 aliphatic carbocycles. The van der Waals surface area contributed by atoms with Crippen LogP contribution in [0.15, 0.2) is 64.0 Å². The summed E-state index contributed by atoms with van der Waals surface area (Å²) in [6.07, 6.45) is 0.0768. The molecular formula is C18H16FN3O4S. The zero-order valence-electron chi connectivity index (χ0n) is 14.3. The van der Waals surface area contributed by atoms with Gasteiger partial charge in [0.25, 0.3) is 10.0 Å². The Morgan fingerprint density at radius 1 is 1.11 bits per heavy atom. The summed E-state index contributed by atoms with van der Waals surface area (Å²) in [6, 6.07) is 12.8. The molecule has 1 heterocycles. The average Bonchev–Trinajstić information content (AvgIpc) is 3.01. The van der Waals surface area contributed by atoms with Crippen LogP contribution < -0.4 is 10.0 Å². The van der Waals surface area contributed by atoms with Crippen molar-refractivity contribution in [3.63, 3.8) is 0 Å². The number of anilines is 2. The lowest BCUT2D eigenvalue weighted by Gasteiger charge is -2.08. The number of carbonyl (C=O) groups is 1. The summed E-state index contributed by atoms with van der Waals surface area (Å²) in [5.74, 6) is -0.102. The third-order valence-corrected chi connectivity index (χ3v) is 4.96. The van der Waals surface area contributed by atoms with Crippen molar-refractivity contribution in [3.05, 3.63) is 71.7 Å². The van der Waals surface area contributed by atoms with E-state index < -0.39 is 10.0 Å². The normalized spacial score (nSPS) is 11.2. The summed E-state index contributed by atoms with van der Waals surface area (Å²) in [4.78, 5) is 12.1. The van der Waals surface area contributed by atoms with Gasteiger partial charge in [0.05, 0.1) is 11.3 Å². The van der Waals surface area contributed by atoms with Gasteiger partial charge in [-0.25, -0.2) is 12.8 Å². The van der Waals surface area contributed by atoms with E-state index in [9.17, 15) is 17.6 Å². The number of hydrogen-bond acceptors (Lipinski definition) is 5. The molecule has 0 saturated heterocycles. The van der Waals surface area contributed by atoms with E-state index in [0.717, 1.165) is 0 Å². The van der Waals surface area contributed by atoms with Crippen LogP contribution in [0.4, 0.5) is 15.9 Å². The summed E-state index contributed by atoms with van der Waals surface area (Å²) >= 11 is 0. The third kappa shape index (κ3) is 4.91. The number of halogens is 1. The van der Waals surface area contributed by atoms with Gasteiger partial charge in [-0.3, -0.25) is 9.52 Å². The molecule has 9 heteroatoms. The first kappa shape index (κ1) is 18.6. The largest absolute Gasteiger partial charge is 0.360 e. The molecule has 1 aromatic heterocycles. The number of rotatable bonds is 6. The molecule has 0 radical (unpaired) electrons. The number of aromatic nitrogens is 1. The highest BCUT2D eigenvalue weighted by Crippen LogP contribution is 2.18. The maximum atomic E-state index is 12.9. The molecule has 2 N–H and O–H groups in total. The van der Waals surface area contributed by atoms with Gasteiger partial charge in [0.1, 0.15) is 11.6 Å². The average molecular weight is 389 g/mol. The molecule has 1 amide bonds. The van der Waals surface area contributed by atoms with E-state index in [1.165, 1.54) is 54.6 Å². The number of amides is 1. The van der Waals surface area contributed by atoms with E-state index in [0.29, 0.717) is 17.0 Å². The first-order chi connectivity index (χ1) is 12.8. The second kappa shape index (κ2) is 7.58. The Hall–Kier alpha value is -3.20. The Bertz CT molecular complexity index is 1040. The second-order valence-corrected chi connectivity index (χ2v) is 7.49. The number of sulfonamides is 1. The highest BCUT2D eigenvalue weighted by atomic mass is 32.2. The lowest BCUT2D eigenvalue weighted by atomic mass is 10.1. The molecular weight excluding hydrogens is 373 g/mol. The number of nitrogens with one attached hydrogen (secondary N) is 2. The highest BCUT2D eigenvalue weighted by molar-refractivity contribution is 7.92. The van der Waals surface area contributed by atoms with Crippen LogP contribution in [0.25, 0.3) is 0 Å². The minimum atomic E-state index is -3.82. The van der Waals surface area contributed by atoms with E-state index >= 15 is 0 Å². The van der Waals surface area contributed by atoms with Crippen molar-refractivity contribution in [2.75, 3.05) is 10.0 Å². The molecule has 0 aliphatic rings. The Kier molecular flexibility index (Phi) is 5.22. The molecule has 27 heavy (non-hydrogen) atoms. The fraction of sp³-hybridized carbons (Fsp3) is 0.111. The Morgan fingerprint density at radius 2 is 1.78 bits per heavy atom. The predicted octanol–water partition coefficient (Wildman–Crippen LogP) is 3.10. The van der Waals surface area contributed by atoms with Crippen molar-refractivity contribution in [1.29, 1.82) is 0 Å². The topological polar surface area (TPSA) is 101 Å². The molecule has 0 spiro atoms. The van der Waals surface area contributed by atoms with Gasteiger partial charge in [-0.15, -0.1) is 0 Å². The number of carbonyl (C=O) groups excluding carboxylic acids is 1. The van der Waals surface area contributed by atoms with Crippen molar-refractivity contribution >= 4 is 27.4 Å². The van der Waals surface area contributed by atoms with Gasteiger partial charge >= 0.3 is 0 Å². The quantitative estimate of drug-likeness (QED) is 0.675. The van der Waals surface area contributed by atoms with Gasteiger partial charge < -0.3 is 9.84 Å². The maximum Gasteiger partial charge on any atom is 0.263 e. The van der Waals surface area contributed by atoms with Crippen LogP contribution in [0.1, 0.15) is 11.3 Å². The monoisotopic (exact) mass is 389 g/mol. The first-order valence-electron chi connectivity index (χ1n) is 7.92. The van der Waals surface area contributed by atoms with Gasteiger partial charge in [0.15, 0.2) is 5.82 Å². The SMILES string of the molecule is Cc1cc(NS(=O)(=O)c2ccc(NC(=O)Cc3ccc(F)cc3)cc2)no1. The van der Waals surface area contributed by atoms with E-state index in [1.54, 1.807) is 6.92 Å². The van der Waals surface area contributed by atoms with E-state index in [4.69, 9.17) is 4.52 Å². The van der Waals surface area contributed by atoms with Gasteiger partial charge in [0, 0.05) is 11.8 Å². The molecule has 140 valence electrons. The number of hydrogen-bond donors (Lipinski definition) is 2. The standard InChI is InChI=1S/C18H16FN3O4S/c1-12-10-17(21-26-12)22-27(24,25)16-8-6-15(7-9-16)20-18(23)11-13-2-4-14(19)5-3-13/h2-10H,11H2,1H3,(H,20,23)(H,21,22). The van der Waals surface area contributed by atoms with Crippen LogP contribution in [0.5, 0.6) is 0 Å². The maximum absolute atomic E-state index is 12.9. The Labute approximate surface area is 155 Å². The summed E-state index contributed by atoms with van der Waals surface area (Å²) in [5, 5.41) is 6.24. The van der Waals surface area contributed by atoms with E-state index in [2.05, 4.69) is 15.2 Å². The molecule has 0 bridgehead atoms. The van der Waals surface area contributed by atoms with Crippen molar-refractivity contribution < 1.29 is 22.1 Å². The summed E-state index contributed by atoms with van der Waals surface area (Å²) < 4.78 is 44.6. The Morgan fingerprint density at radius 3 is 2.37 bits per heavy atom. The minimum absolute atomic E-state index is 0.0136. The lowest BCUT2D eigenvalue weighted by Crippen LogP contribution is -2.15. The van der Waals surface area contributed by atoms with Crippen LogP contribution in [0, 0.1) is 12.7 Å². The molecule has 0 fully saturated rings. The van der Waals surface area contributed by atoms with Gasteiger partial charge in [-0.2, -0.15) is 0 Å². The van der Waals surface area contributed by atoms with E-state index in [-0.39, 0.29) is 28.9 Å². The third-order valence-electron chi connectivity index (χ3n) is 3.59.